The van der Waals surface area contributed by atoms with Crippen LogP contribution in [0.25, 0.3) is 0 Å². The molecule has 1 aliphatic heterocycles. The molecule has 1 aliphatic rings. The first-order valence-electron chi connectivity index (χ1n) is 5.62. The average Bonchev–Trinajstić information content (AvgIpc) is 2.14. The fraction of sp³-hybridized carbons (Fsp3) is 1.00. The highest BCUT2D eigenvalue weighted by Crippen LogP contribution is 2.19. The molecular formula is C11H24N2O. The van der Waals surface area contributed by atoms with Gasteiger partial charge in [0, 0.05) is 13.2 Å². The number of hydrogen-bond acceptors (Lipinski definition) is 3. The minimum absolute atomic E-state index is 0.0879. The Morgan fingerprint density at radius 3 is 2.79 bits per heavy atom. The molecule has 0 saturated carbocycles. The quantitative estimate of drug-likeness (QED) is 0.673. The van der Waals surface area contributed by atoms with E-state index in [0.29, 0.717) is 0 Å². The highest BCUT2D eigenvalue weighted by Gasteiger charge is 2.26. The van der Waals surface area contributed by atoms with Crippen molar-refractivity contribution < 1.29 is 4.74 Å². The minimum atomic E-state index is 0.0879. The lowest BCUT2D eigenvalue weighted by atomic mass is 9.96. The lowest BCUT2D eigenvalue weighted by Gasteiger charge is -2.34. The SMILES string of the molecule is CN(C)CCCOC1(C)CCCNC1. The Labute approximate surface area is 87.8 Å². The summed E-state index contributed by atoms with van der Waals surface area (Å²) >= 11 is 0. The highest BCUT2D eigenvalue weighted by molar-refractivity contribution is 4.82. The maximum absolute atomic E-state index is 5.93. The van der Waals surface area contributed by atoms with Gasteiger partial charge >= 0.3 is 0 Å². The van der Waals surface area contributed by atoms with Gasteiger partial charge in [0.05, 0.1) is 5.60 Å². The Morgan fingerprint density at radius 2 is 2.21 bits per heavy atom. The molecule has 14 heavy (non-hydrogen) atoms. The van der Waals surface area contributed by atoms with Crippen LogP contribution in [0.5, 0.6) is 0 Å². The maximum Gasteiger partial charge on any atom is 0.0778 e. The van der Waals surface area contributed by atoms with Crippen molar-refractivity contribution in [2.45, 2.75) is 31.8 Å². The van der Waals surface area contributed by atoms with E-state index in [0.717, 1.165) is 32.7 Å². The van der Waals surface area contributed by atoms with Crippen molar-refractivity contribution in [3.8, 4) is 0 Å². The number of piperidine rings is 1. The summed E-state index contributed by atoms with van der Waals surface area (Å²) in [7, 11) is 4.20. The lowest BCUT2D eigenvalue weighted by molar-refractivity contribution is -0.0484. The van der Waals surface area contributed by atoms with Crippen LogP contribution in [0.4, 0.5) is 0 Å². The van der Waals surface area contributed by atoms with Gasteiger partial charge in [-0.15, -0.1) is 0 Å². The van der Waals surface area contributed by atoms with Crippen molar-refractivity contribution in [2.24, 2.45) is 0 Å². The first-order chi connectivity index (χ1) is 6.62. The number of nitrogens with zero attached hydrogens (tertiary/aromatic N) is 1. The lowest BCUT2D eigenvalue weighted by Crippen LogP contribution is -2.45. The van der Waals surface area contributed by atoms with Gasteiger partial charge in [-0.2, -0.15) is 0 Å². The molecule has 0 aromatic heterocycles. The summed E-state index contributed by atoms with van der Waals surface area (Å²) in [6.07, 6.45) is 3.56. The van der Waals surface area contributed by atoms with Crippen LogP contribution in [-0.2, 0) is 4.74 Å². The summed E-state index contributed by atoms with van der Waals surface area (Å²) in [4.78, 5) is 2.20. The van der Waals surface area contributed by atoms with Gasteiger partial charge in [0.1, 0.15) is 0 Å². The van der Waals surface area contributed by atoms with Crippen molar-refractivity contribution in [3.63, 3.8) is 0 Å². The Balaban J connectivity index is 2.09. The van der Waals surface area contributed by atoms with E-state index in [2.05, 4.69) is 31.2 Å². The van der Waals surface area contributed by atoms with Gasteiger partial charge in [-0.05, 0) is 53.4 Å². The molecule has 1 rings (SSSR count). The van der Waals surface area contributed by atoms with E-state index < -0.39 is 0 Å². The second-order valence-corrected chi connectivity index (χ2v) is 4.74. The van der Waals surface area contributed by atoms with E-state index in [9.17, 15) is 0 Å². The smallest absolute Gasteiger partial charge is 0.0778 e. The van der Waals surface area contributed by atoms with E-state index in [1.807, 2.05) is 0 Å². The Morgan fingerprint density at radius 1 is 1.43 bits per heavy atom. The second-order valence-electron chi connectivity index (χ2n) is 4.74. The molecule has 0 aromatic rings. The van der Waals surface area contributed by atoms with Crippen LogP contribution in [0.15, 0.2) is 0 Å². The van der Waals surface area contributed by atoms with Crippen LogP contribution in [0.1, 0.15) is 26.2 Å². The minimum Gasteiger partial charge on any atom is -0.374 e. The van der Waals surface area contributed by atoms with E-state index in [-0.39, 0.29) is 5.60 Å². The summed E-state index contributed by atoms with van der Waals surface area (Å²) < 4.78 is 5.93. The predicted octanol–water partition coefficient (Wildman–Crippen LogP) is 1.10. The molecule has 1 unspecified atom stereocenters. The van der Waals surface area contributed by atoms with Crippen LogP contribution in [0.2, 0.25) is 0 Å². The summed E-state index contributed by atoms with van der Waals surface area (Å²) in [5, 5.41) is 3.39. The summed E-state index contributed by atoms with van der Waals surface area (Å²) in [5.74, 6) is 0. The zero-order valence-corrected chi connectivity index (χ0v) is 9.81. The number of rotatable bonds is 5. The van der Waals surface area contributed by atoms with Gasteiger partial charge < -0.3 is 15.0 Å². The molecule has 0 radical (unpaired) electrons. The molecule has 0 spiro atoms. The average molecular weight is 200 g/mol. The van der Waals surface area contributed by atoms with E-state index >= 15 is 0 Å². The molecule has 0 aliphatic carbocycles. The van der Waals surface area contributed by atoms with E-state index in [1.54, 1.807) is 0 Å². The van der Waals surface area contributed by atoms with Crippen LogP contribution in [0.3, 0.4) is 0 Å². The normalized spacial score (nSPS) is 28.3. The Hall–Kier alpha value is -0.120. The van der Waals surface area contributed by atoms with E-state index in [1.165, 1.54) is 12.8 Å². The summed E-state index contributed by atoms with van der Waals surface area (Å²) in [5.41, 5.74) is 0.0879. The zero-order valence-electron chi connectivity index (χ0n) is 9.81. The third-order valence-corrected chi connectivity index (χ3v) is 2.76. The van der Waals surface area contributed by atoms with Gasteiger partial charge in [-0.25, -0.2) is 0 Å². The van der Waals surface area contributed by atoms with Crippen LogP contribution in [0, 0.1) is 0 Å². The van der Waals surface area contributed by atoms with Crippen LogP contribution in [-0.4, -0.2) is 50.8 Å². The number of hydrogen-bond donors (Lipinski definition) is 1. The topological polar surface area (TPSA) is 24.5 Å². The number of nitrogens with one attached hydrogen (secondary N) is 1. The van der Waals surface area contributed by atoms with Crippen molar-refractivity contribution in [1.29, 1.82) is 0 Å². The third kappa shape index (κ3) is 4.40. The molecule has 84 valence electrons. The molecule has 0 bridgehead atoms. The Kier molecular flexibility index (Phi) is 4.85. The second kappa shape index (κ2) is 5.69. The first kappa shape index (κ1) is 12.0. The van der Waals surface area contributed by atoms with Gasteiger partial charge in [-0.3, -0.25) is 0 Å². The molecule has 0 aromatic carbocycles. The van der Waals surface area contributed by atoms with Crippen molar-refractivity contribution >= 4 is 0 Å². The summed E-state index contributed by atoms with van der Waals surface area (Å²) in [6, 6.07) is 0. The van der Waals surface area contributed by atoms with Gasteiger partial charge in [0.15, 0.2) is 0 Å². The predicted molar refractivity (Wildman–Crippen MR) is 59.6 cm³/mol. The third-order valence-electron chi connectivity index (χ3n) is 2.76. The zero-order chi connectivity index (χ0) is 10.4. The molecule has 1 N–H and O–H groups in total. The standard InChI is InChI=1S/C11H24N2O/c1-11(6-4-7-12-10-11)14-9-5-8-13(2)3/h12H,4-10H2,1-3H3. The van der Waals surface area contributed by atoms with Gasteiger partial charge in [-0.1, -0.05) is 0 Å². The molecule has 1 fully saturated rings. The Bertz CT molecular complexity index is 153. The monoisotopic (exact) mass is 200 g/mol. The van der Waals surface area contributed by atoms with Gasteiger partial charge in [0.2, 0.25) is 0 Å². The molecule has 0 amide bonds. The first-order valence-corrected chi connectivity index (χ1v) is 5.62. The molecule has 1 heterocycles. The molecular weight excluding hydrogens is 176 g/mol. The maximum atomic E-state index is 5.93. The fourth-order valence-corrected chi connectivity index (χ4v) is 1.85. The van der Waals surface area contributed by atoms with Crippen molar-refractivity contribution in [1.82, 2.24) is 10.2 Å². The molecule has 3 nitrogen and oxygen atoms in total. The highest BCUT2D eigenvalue weighted by atomic mass is 16.5. The van der Waals surface area contributed by atoms with Gasteiger partial charge in [0.25, 0.3) is 0 Å². The number of ether oxygens (including phenoxy) is 1. The summed E-state index contributed by atoms with van der Waals surface area (Å²) in [6.45, 7) is 6.38. The van der Waals surface area contributed by atoms with Crippen molar-refractivity contribution in [2.75, 3.05) is 40.3 Å². The van der Waals surface area contributed by atoms with E-state index in [4.69, 9.17) is 4.74 Å². The van der Waals surface area contributed by atoms with Crippen molar-refractivity contribution in [3.05, 3.63) is 0 Å². The van der Waals surface area contributed by atoms with Crippen LogP contribution < -0.4 is 5.32 Å². The molecule has 3 heteroatoms. The fourth-order valence-electron chi connectivity index (χ4n) is 1.85. The van der Waals surface area contributed by atoms with Crippen LogP contribution >= 0.6 is 0 Å². The molecule has 1 atom stereocenters. The largest absolute Gasteiger partial charge is 0.374 e. The molecule has 1 saturated heterocycles.